The zero-order chi connectivity index (χ0) is 13.1. The van der Waals surface area contributed by atoms with Gasteiger partial charge in [0.05, 0.1) is 12.7 Å². The van der Waals surface area contributed by atoms with Crippen LogP contribution in [0.2, 0.25) is 5.28 Å². The normalized spacial score (nSPS) is 10.1. The third kappa shape index (κ3) is 2.26. The van der Waals surface area contributed by atoms with Crippen LogP contribution in [-0.4, -0.2) is 23.0 Å². The molecule has 2 N–H and O–H groups in total. The van der Waals surface area contributed by atoms with Crippen molar-refractivity contribution in [2.75, 3.05) is 12.8 Å². The zero-order valence-electron chi connectivity index (χ0n) is 9.55. The van der Waals surface area contributed by atoms with Crippen molar-refractivity contribution >= 4 is 23.4 Å². The van der Waals surface area contributed by atoms with Crippen LogP contribution in [0.3, 0.4) is 0 Å². The van der Waals surface area contributed by atoms with Crippen molar-refractivity contribution in [3.8, 4) is 11.1 Å². The Morgan fingerprint density at radius 2 is 2.06 bits per heavy atom. The molecule has 0 aliphatic heterocycles. The van der Waals surface area contributed by atoms with Crippen molar-refractivity contribution in [1.29, 1.82) is 0 Å². The van der Waals surface area contributed by atoms with E-state index in [9.17, 15) is 4.79 Å². The van der Waals surface area contributed by atoms with E-state index in [2.05, 4.69) is 9.97 Å². The molecule has 6 heteroatoms. The summed E-state index contributed by atoms with van der Waals surface area (Å²) in [6, 6.07) is 6.92. The predicted octanol–water partition coefficient (Wildman–Crippen LogP) is 2.17. The fraction of sp³-hybridized carbons (Fsp3) is 0.0833. The molecule has 0 fully saturated rings. The summed E-state index contributed by atoms with van der Waals surface area (Å²) < 4.78 is 4.72. The van der Waals surface area contributed by atoms with Crippen LogP contribution in [0.25, 0.3) is 11.1 Å². The molecular weight excluding hydrogens is 254 g/mol. The molecule has 1 aromatic heterocycles. The number of benzene rings is 1. The number of aromatic nitrogens is 2. The molecule has 1 aromatic carbocycles. The highest BCUT2D eigenvalue weighted by Crippen LogP contribution is 2.28. The van der Waals surface area contributed by atoms with Gasteiger partial charge in [0.1, 0.15) is 5.82 Å². The van der Waals surface area contributed by atoms with Crippen LogP contribution in [0, 0.1) is 0 Å². The average molecular weight is 264 g/mol. The van der Waals surface area contributed by atoms with Crippen molar-refractivity contribution < 1.29 is 9.53 Å². The van der Waals surface area contributed by atoms with Crippen LogP contribution in [0.1, 0.15) is 10.4 Å². The quantitative estimate of drug-likeness (QED) is 0.664. The first-order valence-corrected chi connectivity index (χ1v) is 5.47. The Bertz CT molecular complexity index is 602. The molecule has 0 amide bonds. The summed E-state index contributed by atoms with van der Waals surface area (Å²) in [5.74, 6) is -0.230. The second kappa shape index (κ2) is 5.01. The highest BCUT2D eigenvalue weighted by atomic mass is 35.5. The van der Waals surface area contributed by atoms with Gasteiger partial charge >= 0.3 is 5.97 Å². The fourth-order valence-corrected chi connectivity index (χ4v) is 1.73. The van der Waals surface area contributed by atoms with Crippen LogP contribution < -0.4 is 5.73 Å². The lowest BCUT2D eigenvalue weighted by Gasteiger charge is -2.09. The van der Waals surface area contributed by atoms with Gasteiger partial charge in [-0.3, -0.25) is 0 Å². The van der Waals surface area contributed by atoms with E-state index in [1.807, 2.05) is 0 Å². The number of ether oxygens (including phenoxy) is 1. The van der Waals surface area contributed by atoms with Crippen molar-refractivity contribution in [1.82, 2.24) is 9.97 Å². The highest BCUT2D eigenvalue weighted by molar-refractivity contribution is 6.28. The molecule has 0 spiro atoms. The first-order valence-electron chi connectivity index (χ1n) is 5.09. The SMILES string of the molecule is COC(=O)c1ccccc1-c1cnc(Cl)nc1N. The number of nitrogen functional groups attached to an aromatic ring is 1. The summed E-state index contributed by atoms with van der Waals surface area (Å²) in [7, 11) is 1.32. The Balaban J connectivity index is 2.60. The number of esters is 1. The van der Waals surface area contributed by atoms with Crippen LogP contribution >= 0.6 is 11.6 Å². The minimum atomic E-state index is -0.444. The van der Waals surface area contributed by atoms with Crippen LogP contribution in [0.15, 0.2) is 30.5 Å². The zero-order valence-corrected chi connectivity index (χ0v) is 10.3. The number of hydrogen-bond donors (Lipinski definition) is 1. The minimum absolute atomic E-state index is 0.0619. The lowest BCUT2D eigenvalue weighted by molar-refractivity contribution is 0.0601. The van der Waals surface area contributed by atoms with Gasteiger partial charge in [-0.1, -0.05) is 18.2 Å². The first-order chi connectivity index (χ1) is 8.63. The molecule has 2 rings (SSSR count). The maximum Gasteiger partial charge on any atom is 0.338 e. The summed E-state index contributed by atoms with van der Waals surface area (Å²) in [5.41, 5.74) is 7.33. The van der Waals surface area contributed by atoms with Gasteiger partial charge in [0.15, 0.2) is 0 Å². The Hall–Kier alpha value is -2.14. The lowest BCUT2D eigenvalue weighted by atomic mass is 10.0. The molecule has 1 heterocycles. The largest absolute Gasteiger partial charge is 0.465 e. The van der Waals surface area contributed by atoms with Crippen molar-refractivity contribution in [2.24, 2.45) is 0 Å². The minimum Gasteiger partial charge on any atom is -0.465 e. The van der Waals surface area contributed by atoms with Gasteiger partial charge in [-0.05, 0) is 17.7 Å². The Morgan fingerprint density at radius 3 is 2.72 bits per heavy atom. The summed E-state index contributed by atoms with van der Waals surface area (Å²) >= 11 is 5.64. The van der Waals surface area contributed by atoms with E-state index >= 15 is 0 Å². The van der Waals surface area contributed by atoms with E-state index in [-0.39, 0.29) is 11.1 Å². The van der Waals surface area contributed by atoms with Gasteiger partial charge in [0.25, 0.3) is 0 Å². The number of methoxy groups -OCH3 is 1. The number of carbonyl (C=O) groups is 1. The van der Waals surface area contributed by atoms with Crippen molar-refractivity contribution in [3.63, 3.8) is 0 Å². The standard InChI is InChI=1S/C12H10ClN3O2/c1-18-11(17)8-5-3-2-4-7(8)9-6-15-12(13)16-10(9)14/h2-6H,1H3,(H2,14,15,16). The van der Waals surface area contributed by atoms with E-state index in [0.29, 0.717) is 16.7 Å². The van der Waals surface area contributed by atoms with Gasteiger partial charge in [-0.15, -0.1) is 0 Å². The van der Waals surface area contributed by atoms with E-state index in [1.54, 1.807) is 24.3 Å². The summed E-state index contributed by atoms with van der Waals surface area (Å²) in [5, 5.41) is 0.0619. The summed E-state index contributed by atoms with van der Waals surface area (Å²) in [4.78, 5) is 19.4. The van der Waals surface area contributed by atoms with E-state index in [1.165, 1.54) is 13.3 Å². The number of halogens is 1. The second-order valence-electron chi connectivity index (χ2n) is 3.48. The van der Waals surface area contributed by atoms with Crippen LogP contribution in [0.4, 0.5) is 5.82 Å². The van der Waals surface area contributed by atoms with E-state index in [4.69, 9.17) is 22.1 Å². The van der Waals surface area contributed by atoms with Gasteiger partial charge in [-0.2, -0.15) is 0 Å². The van der Waals surface area contributed by atoms with Gasteiger partial charge in [0, 0.05) is 17.3 Å². The number of anilines is 1. The first kappa shape index (κ1) is 12.3. The van der Waals surface area contributed by atoms with Crippen molar-refractivity contribution in [3.05, 3.63) is 41.3 Å². The van der Waals surface area contributed by atoms with Gasteiger partial charge < -0.3 is 10.5 Å². The van der Waals surface area contributed by atoms with E-state index < -0.39 is 5.97 Å². The van der Waals surface area contributed by atoms with Crippen LogP contribution in [0.5, 0.6) is 0 Å². The maximum atomic E-state index is 11.7. The molecule has 0 aliphatic rings. The average Bonchev–Trinajstić information content (AvgIpc) is 2.38. The highest BCUT2D eigenvalue weighted by Gasteiger charge is 2.15. The Morgan fingerprint density at radius 1 is 1.33 bits per heavy atom. The molecule has 0 saturated heterocycles. The van der Waals surface area contributed by atoms with Crippen LogP contribution in [-0.2, 0) is 4.74 Å². The smallest absolute Gasteiger partial charge is 0.338 e. The molecule has 92 valence electrons. The Labute approximate surface area is 109 Å². The molecule has 0 unspecified atom stereocenters. The van der Waals surface area contributed by atoms with Gasteiger partial charge in [0.2, 0.25) is 5.28 Å². The number of nitrogens with zero attached hydrogens (tertiary/aromatic N) is 2. The van der Waals surface area contributed by atoms with E-state index in [0.717, 1.165) is 0 Å². The molecule has 0 atom stereocenters. The molecule has 0 radical (unpaired) electrons. The molecule has 5 nitrogen and oxygen atoms in total. The third-order valence-corrected chi connectivity index (χ3v) is 2.59. The lowest BCUT2D eigenvalue weighted by Crippen LogP contribution is -2.05. The molecule has 2 aromatic rings. The number of hydrogen-bond acceptors (Lipinski definition) is 5. The summed E-state index contributed by atoms with van der Waals surface area (Å²) in [6.07, 6.45) is 1.48. The topological polar surface area (TPSA) is 78.1 Å². The molecule has 0 saturated carbocycles. The third-order valence-electron chi connectivity index (χ3n) is 2.41. The predicted molar refractivity (Wildman–Crippen MR) is 68.2 cm³/mol. The Kier molecular flexibility index (Phi) is 3.43. The summed E-state index contributed by atoms with van der Waals surface area (Å²) in [6.45, 7) is 0. The monoisotopic (exact) mass is 263 g/mol. The maximum absolute atomic E-state index is 11.7. The number of nitrogens with two attached hydrogens (primary N) is 1. The molecule has 0 aliphatic carbocycles. The number of rotatable bonds is 2. The molecule has 18 heavy (non-hydrogen) atoms. The molecule has 0 bridgehead atoms. The van der Waals surface area contributed by atoms with Crippen molar-refractivity contribution in [2.45, 2.75) is 0 Å². The van der Waals surface area contributed by atoms with Gasteiger partial charge in [-0.25, -0.2) is 14.8 Å². The molecular formula is C12H10ClN3O2. The number of carbonyl (C=O) groups excluding carboxylic acids is 1. The fourth-order valence-electron chi connectivity index (χ4n) is 1.59. The second-order valence-corrected chi connectivity index (χ2v) is 3.81.